The minimum Gasteiger partial charge on any atom is -0.394 e. The summed E-state index contributed by atoms with van der Waals surface area (Å²) < 4.78 is 11.2. The highest BCUT2D eigenvalue weighted by Gasteiger charge is 2.44. The Morgan fingerprint density at radius 2 is 1.12 bits per heavy atom. The lowest BCUT2D eigenvalue weighted by Crippen LogP contribution is -2.60. The molecule has 9 heteroatoms. The summed E-state index contributed by atoms with van der Waals surface area (Å²) in [6, 6.07) is -0.796. The van der Waals surface area contributed by atoms with Crippen molar-refractivity contribution in [1.29, 1.82) is 0 Å². The van der Waals surface area contributed by atoms with Crippen molar-refractivity contribution in [1.82, 2.24) is 5.32 Å². The molecule has 1 rings (SSSR count). The van der Waals surface area contributed by atoms with Crippen LogP contribution in [0.1, 0.15) is 181 Å². The average molecular weight is 700 g/mol. The van der Waals surface area contributed by atoms with Crippen LogP contribution >= 0.6 is 0 Å². The first-order valence-corrected chi connectivity index (χ1v) is 20.4. The van der Waals surface area contributed by atoms with Crippen molar-refractivity contribution in [3.63, 3.8) is 0 Å². The van der Waals surface area contributed by atoms with E-state index in [0.29, 0.717) is 6.42 Å². The van der Waals surface area contributed by atoms with Crippen molar-refractivity contribution in [2.75, 3.05) is 13.2 Å². The number of carbonyl (C=O) groups excluding carboxylic acids is 1. The molecule has 290 valence electrons. The smallest absolute Gasteiger partial charge is 0.220 e. The summed E-state index contributed by atoms with van der Waals surface area (Å²) in [4.78, 5) is 12.8. The Bertz CT molecular complexity index is 781. The van der Waals surface area contributed by atoms with Crippen LogP contribution in [0.5, 0.6) is 0 Å². The fourth-order valence-corrected chi connectivity index (χ4v) is 6.51. The number of nitrogens with one attached hydrogen (secondary N) is 1. The third kappa shape index (κ3) is 23.2. The highest BCUT2D eigenvalue weighted by molar-refractivity contribution is 5.76. The maximum absolute atomic E-state index is 12.8. The van der Waals surface area contributed by atoms with Crippen LogP contribution in [0.3, 0.4) is 0 Å². The quantitative estimate of drug-likeness (QED) is 0.0307. The van der Waals surface area contributed by atoms with E-state index in [4.69, 9.17) is 9.47 Å². The van der Waals surface area contributed by atoms with Crippen molar-refractivity contribution in [2.45, 2.75) is 224 Å². The third-order valence-electron chi connectivity index (χ3n) is 9.86. The van der Waals surface area contributed by atoms with Gasteiger partial charge >= 0.3 is 0 Å². The molecule has 0 radical (unpaired) electrons. The van der Waals surface area contributed by atoms with Gasteiger partial charge in [0, 0.05) is 6.42 Å². The van der Waals surface area contributed by atoms with E-state index in [1.54, 1.807) is 6.08 Å². The lowest BCUT2D eigenvalue weighted by molar-refractivity contribution is -0.302. The van der Waals surface area contributed by atoms with Gasteiger partial charge in [-0.15, -0.1) is 0 Å². The van der Waals surface area contributed by atoms with Crippen LogP contribution in [0.4, 0.5) is 0 Å². The molecule has 1 heterocycles. The molecule has 0 aromatic heterocycles. The SMILES string of the molecule is CCCCCCCCCCCCCCCC/C=C/[C@@H](O)[C@H](CO[C@@H]1O[C@H](CO)[C@H](O)C(O)C1O)NC(=O)CCCCCCCCCCCC. The summed E-state index contributed by atoms with van der Waals surface area (Å²) >= 11 is 0. The van der Waals surface area contributed by atoms with Crippen molar-refractivity contribution >= 4 is 5.91 Å². The zero-order valence-electron chi connectivity index (χ0n) is 31.5. The molecule has 0 aliphatic carbocycles. The zero-order valence-corrected chi connectivity index (χ0v) is 31.5. The fourth-order valence-electron chi connectivity index (χ4n) is 6.51. The normalized spacial score (nSPS) is 22.5. The molecule has 1 amide bonds. The molecule has 1 aliphatic rings. The van der Waals surface area contributed by atoms with Crippen molar-refractivity contribution < 1.29 is 39.8 Å². The van der Waals surface area contributed by atoms with Crippen LogP contribution in [-0.2, 0) is 14.3 Å². The molecule has 0 aromatic carbocycles. The number of aliphatic hydroxyl groups is 5. The molecule has 0 saturated carbocycles. The molecule has 49 heavy (non-hydrogen) atoms. The van der Waals surface area contributed by atoms with E-state index in [1.165, 1.54) is 122 Å². The van der Waals surface area contributed by atoms with E-state index >= 15 is 0 Å². The second-order valence-corrected chi connectivity index (χ2v) is 14.4. The molecule has 9 nitrogen and oxygen atoms in total. The lowest BCUT2D eigenvalue weighted by Gasteiger charge is -2.40. The predicted molar refractivity (Wildman–Crippen MR) is 198 cm³/mol. The van der Waals surface area contributed by atoms with E-state index < -0.39 is 49.5 Å². The number of unbranched alkanes of at least 4 members (excludes halogenated alkanes) is 23. The van der Waals surface area contributed by atoms with Crippen LogP contribution in [0.15, 0.2) is 12.2 Å². The first kappa shape index (κ1) is 46.0. The Balaban J connectivity index is 2.41. The zero-order chi connectivity index (χ0) is 36.0. The van der Waals surface area contributed by atoms with Gasteiger partial charge in [-0.25, -0.2) is 0 Å². The Morgan fingerprint density at radius 3 is 1.59 bits per heavy atom. The molecule has 0 spiro atoms. The van der Waals surface area contributed by atoms with Gasteiger partial charge in [0.15, 0.2) is 6.29 Å². The van der Waals surface area contributed by atoms with Crippen LogP contribution < -0.4 is 5.32 Å². The highest BCUT2D eigenvalue weighted by Crippen LogP contribution is 2.22. The van der Waals surface area contributed by atoms with Gasteiger partial charge in [-0.1, -0.05) is 167 Å². The van der Waals surface area contributed by atoms with Gasteiger partial charge in [0.25, 0.3) is 0 Å². The number of ether oxygens (including phenoxy) is 2. The summed E-state index contributed by atoms with van der Waals surface area (Å²) in [5.41, 5.74) is 0. The van der Waals surface area contributed by atoms with E-state index in [1.807, 2.05) is 6.08 Å². The van der Waals surface area contributed by atoms with Crippen molar-refractivity contribution in [3.05, 3.63) is 12.2 Å². The van der Waals surface area contributed by atoms with Gasteiger partial charge in [0.2, 0.25) is 5.91 Å². The number of hydrogen-bond acceptors (Lipinski definition) is 8. The second-order valence-electron chi connectivity index (χ2n) is 14.4. The van der Waals surface area contributed by atoms with Crippen LogP contribution in [0, 0.1) is 0 Å². The summed E-state index contributed by atoms with van der Waals surface area (Å²) in [6.07, 6.45) is 26.8. The van der Waals surface area contributed by atoms with Crippen LogP contribution in [0.25, 0.3) is 0 Å². The molecule has 0 aromatic rings. The first-order valence-electron chi connectivity index (χ1n) is 20.4. The largest absolute Gasteiger partial charge is 0.394 e. The predicted octanol–water partition coefficient (Wildman–Crippen LogP) is 7.39. The summed E-state index contributed by atoms with van der Waals surface area (Å²) in [5.74, 6) is -0.179. The van der Waals surface area contributed by atoms with E-state index in [0.717, 1.165) is 38.5 Å². The summed E-state index contributed by atoms with van der Waals surface area (Å²) in [5, 5.41) is 53.9. The number of aliphatic hydroxyl groups excluding tert-OH is 5. The van der Waals surface area contributed by atoms with E-state index in [9.17, 15) is 30.3 Å². The average Bonchev–Trinajstić information content (AvgIpc) is 3.10. The second kappa shape index (κ2) is 31.6. The first-order chi connectivity index (χ1) is 23.8. The minimum absolute atomic E-state index is 0.179. The lowest BCUT2D eigenvalue weighted by atomic mass is 9.99. The Labute approximate surface area is 299 Å². The fraction of sp³-hybridized carbons (Fsp3) is 0.925. The van der Waals surface area contributed by atoms with Crippen LogP contribution in [0.2, 0.25) is 0 Å². The highest BCUT2D eigenvalue weighted by atomic mass is 16.7. The molecule has 1 saturated heterocycles. The number of amides is 1. The molecular weight excluding hydrogens is 622 g/mol. The standard InChI is InChI=1S/C40H77NO8/c1-3-5-7-9-11-13-15-16-17-18-19-20-21-23-25-27-29-34(43)33(32-48-40-39(47)38(46)37(45)35(31-42)49-40)41-36(44)30-28-26-24-22-14-12-10-8-6-4-2/h27,29,33-35,37-40,42-43,45-47H,3-26,28,30-32H2,1-2H3,(H,41,44)/b29-27+/t33-,34+,35+,37-,38?,39?,40+/m0/s1. The number of carbonyl (C=O) groups is 1. The summed E-state index contributed by atoms with van der Waals surface area (Å²) in [6.45, 7) is 3.74. The maximum Gasteiger partial charge on any atom is 0.220 e. The van der Waals surface area contributed by atoms with Gasteiger partial charge in [-0.2, -0.15) is 0 Å². The van der Waals surface area contributed by atoms with Gasteiger partial charge in [-0.3, -0.25) is 4.79 Å². The number of allylic oxidation sites excluding steroid dienone is 1. The van der Waals surface area contributed by atoms with Crippen LogP contribution in [-0.4, -0.2) is 87.5 Å². The van der Waals surface area contributed by atoms with E-state index in [2.05, 4.69) is 19.2 Å². The molecule has 1 aliphatic heterocycles. The van der Waals surface area contributed by atoms with Gasteiger partial charge in [-0.05, 0) is 19.3 Å². The topological polar surface area (TPSA) is 149 Å². The summed E-state index contributed by atoms with van der Waals surface area (Å²) in [7, 11) is 0. The monoisotopic (exact) mass is 700 g/mol. The molecule has 6 N–H and O–H groups in total. The maximum atomic E-state index is 12.8. The molecule has 2 unspecified atom stereocenters. The van der Waals surface area contributed by atoms with E-state index in [-0.39, 0.29) is 12.5 Å². The molecule has 0 bridgehead atoms. The van der Waals surface area contributed by atoms with Crippen molar-refractivity contribution in [2.24, 2.45) is 0 Å². The molecular formula is C40H77NO8. The van der Waals surface area contributed by atoms with Gasteiger partial charge in [0.05, 0.1) is 25.4 Å². The number of rotatable bonds is 33. The van der Waals surface area contributed by atoms with Crippen molar-refractivity contribution in [3.8, 4) is 0 Å². The third-order valence-corrected chi connectivity index (χ3v) is 9.86. The van der Waals surface area contributed by atoms with Gasteiger partial charge in [0.1, 0.15) is 24.4 Å². The minimum atomic E-state index is -1.56. The number of hydrogen-bond donors (Lipinski definition) is 6. The Kier molecular flexibility index (Phi) is 29.7. The Morgan fingerprint density at radius 1 is 0.673 bits per heavy atom. The van der Waals surface area contributed by atoms with Gasteiger partial charge < -0.3 is 40.3 Å². The molecule has 1 fully saturated rings. The molecule has 7 atom stereocenters. The Hall–Kier alpha value is -1.07.